The molecule has 0 heterocycles. The molecule has 2 unspecified atom stereocenters. The van der Waals surface area contributed by atoms with Crippen LogP contribution in [0.2, 0.25) is 0 Å². The maximum atomic E-state index is 12.7. The summed E-state index contributed by atoms with van der Waals surface area (Å²) in [7, 11) is 0. The highest BCUT2D eigenvalue weighted by Crippen LogP contribution is 2.28. The number of nitrogens with one attached hydrogen (secondary N) is 1. The van der Waals surface area contributed by atoms with Gasteiger partial charge in [0.15, 0.2) is 6.79 Å². The number of amides is 2. The fourth-order valence-corrected chi connectivity index (χ4v) is 4.16. The molecule has 12 heteroatoms. The van der Waals surface area contributed by atoms with Crippen LogP contribution in [0.25, 0.3) is 0 Å². The third-order valence-corrected chi connectivity index (χ3v) is 6.41. The smallest absolute Gasteiger partial charge is 0.491 e. The first kappa shape index (κ1) is 30.5. The lowest BCUT2D eigenvalue weighted by molar-refractivity contribution is -0.274. The van der Waals surface area contributed by atoms with E-state index in [0.29, 0.717) is 29.7 Å². The van der Waals surface area contributed by atoms with Crippen LogP contribution in [0.4, 0.5) is 13.2 Å². The van der Waals surface area contributed by atoms with Crippen LogP contribution in [0.5, 0.6) is 11.5 Å². The average Bonchev–Trinajstić information content (AvgIpc) is 2.94. The number of esters is 1. The Labute approximate surface area is 232 Å². The molecule has 2 atom stereocenters. The van der Waals surface area contributed by atoms with Gasteiger partial charge >= 0.3 is 12.3 Å². The summed E-state index contributed by atoms with van der Waals surface area (Å²) in [6.07, 6.45) is -3.31. The van der Waals surface area contributed by atoms with E-state index in [1.165, 1.54) is 23.9 Å². The third kappa shape index (κ3) is 9.93. The van der Waals surface area contributed by atoms with Crippen LogP contribution in [0, 0.1) is 0 Å². The van der Waals surface area contributed by atoms with Crippen molar-refractivity contribution in [2.45, 2.75) is 24.1 Å². The third-order valence-electron chi connectivity index (χ3n) is 5.46. The fraction of sp³-hybridized carbons (Fsp3) is 0.250. The maximum Gasteiger partial charge on any atom is 0.573 e. The zero-order valence-corrected chi connectivity index (χ0v) is 22.1. The molecule has 0 bridgehead atoms. The molecule has 1 N–H and O–H groups in total. The first-order valence-electron chi connectivity index (χ1n) is 11.9. The minimum absolute atomic E-state index is 0.132. The van der Waals surface area contributed by atoms with Crippen LogP contribution in [0.1, 0.15) is 27.6 Å². The van der Waals surface area contributed by atoms with Crippen LogP contribution in [0.3, 0.4) is 0 Å². The molecule has 8 nitrogen and oxygen atoms in total. The molecule has 3 aromatic rings. The summed E-state index contributed by atoms with van der Waals surface area (Å²) in [5.74, 6) is -1.03. The number of imide groups is 1. The highest BCUT2D eigenvalue weighted by Gasteiger charge is 2.31. The van der Waals surface area contributed by atoms with E-state index in [-0.39, 0.29) is 6.61 Å². The van der Waals surface area contributed by atoms with E-state index in [0.717, 1.165) is 17.7 Å². The van der Waals surface area contributed by atoms with Gasteiger partial charge in [-0.3, -0.25) is 14.9 Å². The molecule has 0 aliphatic carbocycles. The standard InChI is InChI=1S/C28H26F3NO7S/c1-40-25(26(34)32-17-33)14-19-10-12-22(13-11-19)36-16-24(21-8-5-9-23(15-21)39-28(29,30)31)37-18-38-27(35)20-6-3-2-4-7-20/h2-13,15,17,24-25H,14,16,18H2,1H3,(H,32,33,34). The van der Waals surface area contributed by atoms with Gasteiger partial charge in [0.25, 0.3) is 0 Å². The summed E-state index contributed by atoms with van der Waals surface area (Å²) in [6, 6.07) is 20.3. The molecule has 0 aromatic heterocycles. The van der Waals surface area contributed by atoms with Gasteiger partial charge in [0, 0.05) is 0 Å². The Morgan fingerprint density at radius 3 is 2.35 bits per heavy atom. The van der Waals surface area contributed by atoms with E-state index in [1.54, 1.807) is 60.9 Å². The molecule has 40 heavy (non-hydrogen) atoms. The average molecular weight is 578 g/mol. The Morgan fingerprint density at radius 2 is 1.70 bits per heavy atom. The van der Waals surface area contributed by atoms with Crippen molar-refractivity contribution < 1.29 is 46.5 Å². The minimum Gasteiger partial charge on any atom is -0.491 e. The highest BCUT2D eigenvalue weighted by molar-refractivity contribution is 7.99. The molecule has 0 saturated heterocycles. The lowest BCUT2D eigenvalue weighted by atomic mass is 10.1. The number of benzene rings is 3. The zero-order chi connectivity index (χ0) is 29.0. The largest absolute Gasteiger partial charge is 0.573 e. The Bertz CT molecular complexity index is 1260. The van der Waals surface area contributed by atoms with Crippen LogP contribution < -0.4 is 14.8 Å². The Kier molecular flexibility index (Phi) is 11.4. The van der Waals surface area contributed by atoms with E-state index >= 15 is 0 Å². The van der Waals surface area contributed by atoms with Crippen LogP contribution in [-0.4, -0.2) is 49.6 Å². The summed E-state index contributed by atoms with van der Waals surface area (Å²) in [5.41, 5.74) is 1.44. The number of rotatable bonds is 14. The van der Waals surface area contributed by atoms with Crippen LogP contribution in [-0.2, 0) is 25.5 Å². The predicted octanol–water partition coefficient (Wildman–Crippen LogP) is 5.08. The van der Waals surface area contributed by atoms with Crippen molar-refractivity contribution in [1.29, 1.82) is 0 Å². The number of hydrogen-bond acceptors (Lipinski definition) is 8. The summed E-state index contributed by atoms with van der Waals surface area (Å²) in [5, 5.41) is 1.69. The van der Waals surface area contributed by atoms with Gasteiger partial charge < -0.3 is 18.9 Å². The van der Waals surface area contributed by atoms with Crippen molar-refractivity contribution in [3.8, 4) is 11.5 Å². The van der Waals surface area contributed by atoms with Gasteiger partial charge in [-0.05, 0) is 60.2 Å². The van der Waals surface area contributed by atoms with E-state index in [2.05, 4.69) is 10.1 Å². The zero-order valence-electron chi connectivity index (χ0n) is 21.3. The highest BCUT2D eigenvalue weighted by atomic mass is 32.2. The molecule has 0 saturated carbocycles. The maximum absolute atomic E-state index is 12.7. The lowest BCUT2D eigenvalue weighted by Gasteiger charge is -2.20. The number of halogens is 3. The van der Waals surface area contributed by atoms with Crippen molar-refractivity contribution in [3.05, 3.63) is 95.6 Å². The summed E-state index contributed by atoms with van der Waals surface area (Å²) in [4.78, 5) is 34.8. The summed E-state index contributed by atoms with van der Waals surface area (Å²) < 4.78 is 58.9. The minimum atomic E-state index is -4.87. The number of thioether (sulfide) groups is 1. The first-order valence-corrected chi connectivity index (χ1v) is 13.2. The molecular weight excluding hydrogens is 551 g/mol. The normalized spacial score (nSPS) is 12.6. The molecule has 3 aromatic carbocycles. The van der Waals surface area contributed by atoms with Gasteiger partial charge in [0.1, 0.15) is 24.2 Å². The van der Waals surface area contributed by atoms with E-state index in [1.807, 2.05) is 0 Å². The SMILES string of the molecule is CSC(Cc1ccc(OCC(OCOC(=O)c2ccccc2)c2cccc(OC(F)(F)F)c2)cc1)C(=O)NC=O. The van der Waals surface area contributed by atoms with Crippen molar-refractivity contribution in [3.63, 3.8) is 0 Å². The molecule has 0 aliphatic heterocycles. The van der Waals surface area contributed by atoms with Crippen molar-refractivity contribution in [2.75, 3.05) is 19.7 Å². The van der Waals surface area contributed by atoms with Gasteiger partial charge in [-0.2, -0.15) is 11.8 Å². The second-order valence-corrected chi connectivity index (χ2v) is 9.24. The predicted molar refractivity (Wildman–Crippen MR) is 141 cm³/mol. The number of ether oxygens (including phenoxy) is 4. The summed E-state index contributed by atoms with van der Waals surface area (Å²) in [6.45, 7) is -0.614. The number of carbonyl (C=O) groups is 3. The van der Waals surface area contributed by atoms with Crippen LogP contribution >= 0.6 is 11.8 Å². The molecule has 0 aliphatic rings. The molecule has 2 amide bonds. The fourth-order valence-electron chi connectivity index (χ4n) is 3.52. The van der Waals surface area contributed by atoms with Crippen molar-refractivity contribution in [2.24, 2.45) is 0 Å². The van der Waals surface area contributed by atoms with Gasteiger partial charge in [0.05, 0.1) is 10.8 Å². The number of alkyl halides is 3. The Balaban J connectivity index is 1.68. The molecule has 3 rings (SSSR count). The van der Waals surface area contributed by atoms with Gasteiger partial charge in [-0.15, -0.1) is 13.2 Å². The second-order valence-electron chi connectivity index (χ2n) is 8.20. The van der Waals surface area contributed by atoms with Gasteiger partial charge in [0.2, 0.25) is 12.3 Å². The van der Waals surface area contributed by atoms with Crippen molar-refractivity contribution in [1.82, 2.24) is 5.32 Å². The van der Waals surface area contributed by atoms with Gasteiger partial charge in [-0.25, -0.2) is 4.79 Å². The van der Waals surface area contributed by atoms with Crippen LogP contribution in [0.15, 0.2) is 78.9 Å². The number of hydrogen-bond donors (Lipinski definition) is 1. The van der Waals surface area contributed by atoms with Gasteiger partial charge in [-0.1, -0.05) is 42.5 Å². The monoisotopic (exact) mass is 577 g/mol. The molecular formula is C28H26F3NO7S. The number of carbonyl (C=O) groups excluding carboxylic acids is 3. The summed E-state index contributed by atoms with van der Waals surface area (Å²) >= 11 is 1.31. The van der Waals surface area contributed by atoms with E-state index in [4.69, 9.17) is 14.2 Å². The molecule has 0 spiro atoms. The Hall–Kier alpha value is -4.03. The topological polar surface area (TPSA) is 100 Å². The lowest BCUT2D eigenvalue weighted by Crippen LogP contribution is -2.32. The quantitative estimate of drug-likeness (QED) is 0.161. The molecule has 0 radical (unpaired) electrons. The Morgan fingerprint density at radius 1 is 0.975 bits per heavy atom. The van der Waals surface area contributed by atoms with E-state index < -0.39 is 42.1 Å². The first-order chi connectivity index (χ1) is 19.2. The molecule has 212 valence electrons. The van der Waals surface area contributed by atoms with E-state index in [9.17, 15) is 27.6 Å². The second kappa shape index (κ2) is 14.9. The van der Waals surface area contributed by atoms with Crippen molar-refractivity contribution >= 4 is 30.0 Å². The molecule has 0 fully saturated rings.